The molecule has 0 aliphatic heterocycles. The van der Waals surface area contributed by atoms with Crippen LogP contribution in [0.25, 0.3) is 0 Å². The first-order valence-electron chi connectivity index (χ1n) is 5.40. The Balaban J connectivity index is 1.81. The van der Waals surface area contributed by atoms with Crippen LogP contribution >= 0.6 is 12.6 Å². The molecule has 0 spiro atoms. The van der Waals surface area contributed by atoms with Gasteiger partial charge in [-0.1, -0.05) is 0 Å². The number of amides is 1. The number of hydrogen-bond donors (Lipinski definition) is 3. The van der Waals surface area contributed by atoms with Gasteiger partial charge in [-0.05, 0) is 43.0 Å². The summed E-state index contributed by atoms with van der Waals surface area (Å²) in [6.45, 7) is 0.651. The van der Waals surface area contributed by atoms with Crippen molar-refractivity contribution >= 4 is 18.5 Å². The zero-order valence-electron chi connectivity index (χ0n) is 8.89. The summed E-state index contributed by atoms with van der Waals surface area (Å²) in [5, 5.41) is 12.0. The van der Waals surface area contributed by atoms with E-state index in [0.717, 1.165) is 17.7 Å². The molecule has 3 nitrogen and oxygen atoms in total. The summed E-state index contributed by atoms with van der Waals surface area (Å²) in [5.41, 5.74) is 0.651. The lowest BCUT2D eigenvalue weighted by atomic mass is 9.82. The van der Waals surface area contributed by atoms with Crippen LogP contribution in [0.15, 0.2) is 29.2 Å². The SMILES string of the molecule is O=C(NCC1CC(O)C1)c1ccc(S)cc1. The molecule has 16 heavy (non-hydrogen) atoms. The van der Waals surface area contributed by atoms with E-state index in [9.17, 15) is 4.79 Å². The maximum atomic E-state index is 11.7. The standard InChI is InChI=1S/C12H15NO2S/c14-10-5-8(6-10)7-13-12(15)9-1-3-11(16)4-2-9/h1-4,8,10,14,16H,5-7H2,(H,13,15). The van der Waals surface area contributed by atoms with Gasteiger partial charge in [-0.15, -0.1) is 12.6 Å². The Morgan fingerprint density at radius 1 is 1.38 bits per heavy atom. The summed E-state index contributed by atoms with van der Waals surface area (Å²) in [5.74, 6) is 0.373. The minimum absolute atomic E-state index is 0.0604. The third-order valence-electron chi connectivity index (χ3n) is 2.89. The molecule has 1 aromatic carbocycles. The van der Waals surface area contributed by atoms with Crippen LogP contribution in [0.3, 0.4) is 0 Å². The van der Waals surface area contributed by atoms with Crippen LogP contribution in [0.4, 0.5) is 0 Å². The number of benzene rings is 1. The molecule has 0 aromatic heterocycles. The summed E-state index contributed by atoms with van der Waals surface area (Å²) in [7, 11) is 0. The van der Waals surface area contributed by atoms with Crippen molar-refractivity contribution in [2.24, 2.45) is 5.92 Å². The summed E-state index contributed by atoms with van der Waals surface area (Å²) in [6.07, 6.45) is 1.44. The van der Waals surface area contributed by atoms with Crippen LogP contribution in [-0.4, -0.2) is 23.7 Å². The molecule has 0 heterocycles. The van der Waals surface area contributed by atoms with Crippen molar-refractivity contribution < 1.29 is 9.90 Å². The van der Waals surface area contributed by atoms with E-state index >= 15 is 0 Å². The first kappa shape index (κ1) is 11.5. The van der Waals surface area contributed by atoms with Crippen LogP contribution in [0.1, 0.15) is 23.2 Å². The van der Waals surface area contributed by atoms with Crippen molar-refractivity contribution in [2.45, 2.75) is 23.8 Å². The van der Waals surface area contributed by atoms with Crippen molar-refractivity contribution in [1.29, 1.82) is 0 Å². The predicted octanol–water partition coefficient (Wildman–Crippen LogP) is 1.48. The summed E-state index contributed by atoms with van der Waals surface area (Å²) >= 11 is 4.16. The molecule has 1 fully saturated rings. The Bertz CT molecular complexity index is 371. The second-order valence-corrected chi connectivity index (χ2v) is 4.76. The average Bonchev–Trinajstić information content (AvgIpc) is 2.23. The average molecular weight is 237 g/mol. The molecule has 1 aromatic rings. The number of hydrogen-bond acceptors (Lipinski definition) is 3. The number of carbonyl (C=O) groups excluding carboxylic acids is 1. The Labute approximate surface area is 100 Å². The topological polar surface area (TPSA) is 49.3 Å². The van der Waals surface area contributed by atoms with Gasteiger partial charge in [-0.3, -0.25) is 4.79 Å². The minimum Gasteiger partial charge on any atom is -0.393 e. The highest BCUT2D eigenvalue weighted by atomic mass is 32.1. The maximum absolute atomic E-state index is 11.7. The lowest BCUT2D eigenvalue weighted by molar-refractivity contribution is 0.0420. The molecule has 0 atom stereocenters. The number of thiol groups is 1. The van der Waals surface area contributed by atoms with E-state index in [1.54, 1.807) is 24.3 Å². The molecule has 2 N–H and O–H groups in total. The normalized spacial score (nSPS) is 23.6. The van der Waals surface area contributed by atoms with Gasteiger partial charge in [0, 0.05) is 17.0 Å². The second kappa shape index (κ2) is 4.89. The molecule has 4 heteroatoms. The molecule has 2 rings (SSSR count). The van der Waals surface area contributed by atoms with Crippen LogP contribution < -0.4 is 5.32 Å². The van der Waals surface area contributed by atoms with Gasteiger partial charge in [0.2, 0.25) is 0 Å². The number of rotatable bonds is 3. The Morgan fingerprint density at radius 2 is 2.00 bits per heavy atom. The number of aliphatic hydroxyl groups excluding tert-OH is 1. The second-order valence-electron chi connectivity index (χ2n) is 4.25. The van der Waals surface area contributed by atoms with E-state index in [4.69, 9.17) is 5.11 Å². The molecule has 1 amide bonds. The molecule has 86 valence electrons. The van der Waals surface area contributed by atoms with E-state index in [1.165, 1.54) is 0 Å². The van der Waals surface area contributed by atoms with Crippen molar-refractivity contribution in [3.63, 3.8) is 0 Å². The van der Waals surface area contributed by atoms with Gasteiger partial charge in [0.25, 0.3) is 5.91 Å². The zero-order valence-corrected chi connectivity index (χ0v) is 9.78. The highest BCUT2D eigenvalue weighted by Crippen LogP contribution is 2.26. The van der Waals surface area contributed by atoms with Gasteiger partial charge in [0.15, 0.2) is 0 Å². The number of carbonyl (C=O) groups is 1. The molecule has 0 saturated heterocycles. The van der Waals surface area contributed by atoms with Gasteiger partial charge in [-0.25, -0.2) is 0 Å². The third-order valence-corrected chi connectivity index (χ3v) is 3.19. The Hall–Kier alpha value is -1.00. The van der Waals surface area contributed by atoms with Crippen molar-refractivity contribution in [3.8, 4) is 0 Å². The van der Waals surface area contributed by atoms with Gasteiger partial charge in [-0.2, -0.15) is 0 Å². The highest BCUT2D eigenvalue weighted by Gasteiger charge is 2.27. The molecular formula is C12H15NO2S. The van der Waals surface area contributed by atoms with Crippen LogP contribution in [0, 0.1) is 5.92 Å². The van der Waals surface area contributed by atoms with Crippen LogP contribution in [0.5, 0.6) is 0 Å². The molecule has 0 radical (unpaired) electrons. The lowest BCUT2D eigenvalue weighted by Gasteiger charge is -2.31. The Morgan fingerprint density at radius 3 is 2.56 bits per heavy atom. The summed E-state index contributed by atoms with van der Waals surface area (Å²) in [4.78, 5) is 12.5. The molecular weight excluding hydrogens is 222 g/mol. The maximum Gasteiger partial charge on any atom is 0.251 e. The molecule has 0 unspecified atom stereocenters. The summed E-state index contributed by atoms with van der Waals surface area (Å²) < 4.78 is 0. The quantitative estimate of drug-likeness (QED) is 0.697. The van der Waals surface area contributed by atoms with Crippen molar-refractivity contribution in [2.75, 3.05) is 6.54 Å². The van der Waals surface area contributed by atoms with Crippen LogP contribution in [-0.2, 0) is 0 Å². The lowest BCUT2D eigenvalue weighted by Crippen LogP contribution is -2.38. The third kappa shape index (κ3) is 2.77. The van der Waals surface area contributed by atoms with Gasteiger partial charge < -0.3 is 10.4 Å². The Kier molecular flexibility index (Phi) is 3.51. The molecule has 1 aliphatic carbocycles. The van der Waals surface area contributed by atoms with Gasteiger partial charge >= 0.3 is 0 Å². The number of nitrogens with one attached hydrogen (secondary N) is 1. The fourth-order valence-electron chi connectivity index (χ4n) is 1.82. The van der Waals surface area contributed by atoms with E-state index in [2.05, 4.69) is 17.9 Å². The van der Waals surface area contributed by atoms with Gasteiger partial charge in [0.05, 0.1) is 6.10 Å². The largest absolute Gasteiger partial charge is 0.393 e. The zero-order chi connectivity index (χ0) is 11.5. The van der Waals surface area contributed by atoms with Crippen molar-refractivity contribution in [3.05, 3.63) is 29.8 Å². The molecule has 1 aliphatic rings. The fourth-order valence-corrected chi connectivity index (χ4v) is 1.97. The predicted molar refractivity (Wildman–Crippen MR) is 64.8 cm³/mol. The fraction of sp³-hybridized carbons (Fsp3) is 0.417. The van der Waals surface area contributed by atoms with Crippen molar-refractivity contribution in [1.82, 2.24) is 5.32 Å². The van der Waals surface area contributed by atoms with Gasteiger partial charge in [0.1, 0.15) is 0 Å². The van der Waals surface area contributed by atoms with E-state index in [-0.39, 0.29) is 12.0 Å². The van der Waals surface area contributed by atoms with Crippen LogP contribution in [0.2, 0.25) is 0 Å². The minimum atomic E-state index is -0.162. The summed E-state index contributed by atoms with van der Waals surface area (Å²) in [6, 6.07) is 7.11. The molecule has 0 bridgehead atoms. The first-order chi connectivity index (χ1) is 7.65. The molecule has 1 saturated carbocycles. The smallest absolute Gasteiger partial charge is 0.251 e. The monoisotopic (exact) mass is 237 g/mol. The van der Waals surface area contributed by atoms with E-state index < -0.39 is 0 Å². The first-order valence-corrected chi connectivity index (χ1v) is 5.85. The number of aliphatic hydroxyl groups is 1. The van der Waals surface area contributed by atoms with E-state index in [1.807, 2.05) is 0 Å². The van der Waals surface area contributed by atoms with E-state index in [0.29, 0.717) is 18.0 Å². The highest BCUT2D eigenvalue weighted by molar-refractivity contribution is 7.80.